The third-order valence-electron chi connectivity index (χ3n) is 3.75. The summed E-state index contributed by atoms with van der Waals surface area (Å²) in [5, 5.41) is 0.582. The van der Waals surface area contributed by atoms with Gasteiger partial charge >= 0.3 is 0 Å². The molecule has 0 radical (unpaired) electrons. The van der Waals surface area contributed by atoms with E-state index in [4.69, 9.17) is 0 Å². The third kappa shape index (κ3) is 2.51. The van der Waals surface area contributed by atoms with Crippen molar-refractivity contribution in [2.75, 3.05) is 0 Å². The van der Waals surface area contributed by atoms with E-state index in [-0.39, 0.29) is 5.56 Å². The highest BCUT2D eigenvalue weighted by atomic mass is 16.1. The maximum atomic E-state index is 12.4. The molecule has 0 fully saturated rings. The van der Waals surface area contributed by atoms with E-state index in [0.29, 0.717) is 16.7 Å². The molecule has 0 spiro atoms. The molecule has 0 amide bonds. The zero-order valence-corrected chi connectivity index (χ0v) is 12.2. The van der Waals surface area contributed by atoms with E-state index in [1.54, 1.807) is 12.4 Å². The fourth-order valence-electron chi connectivity index (χ4n) is 2.59. The van der Waals surface area contributed by atoms with Crippen LogP contribution < -0.4 is 5.56 Å². The quantitative estimate of drug-likeness (QED) is 0.614. The Morgan fingerprint density at radius 2 is 1.65 bits per heavy atom. The second kappa shape index (κ2) is 5.50. The number of rotatable bonds is 2. The Kier molecular flexibility index (Phi) is 3.20. The van der Waals surface area contributed by atoms with Crippen LogP contribution in [0.15, 0.2) is 77.9 Å². The van der Waals surface area contributed by atoms with Gasteiger partial charge in [-0.25, -0.2) is 4.98 Å². The van der Waals surface area contributed by atoms with Crippen LogP contribution in [0.4, 0.5) is 0 Å². The van der Waals surface area contributed by atoms with Crippen LogP contribution in [-0.2, 0) is 0 Å². The molecule has 4 heteroatoms. The number of H-pyrrole nitrogens is 1. The summed E-state index contributed by atoms with van der Waals surface area (Å²) in [6, 6.07) is 19.4. The van der Waals surface area contributed by atoms with Crippen molar-refractivity contribution in [2.45, 2.75) is 0 Å². The summed E-state index contributed by atoms with van der Waals surface area (Å²) in [6.45, 7) is 0. The van der Waals surface area contributed by atoms with Crippen LogP contribution in [0.5, 0.6) is 0 Å². The Morgan fingerprint density at radius 3 is 2.43 bits per heavy atom. The monoisotopic (exact) mass is 299 g/mol. The largest absolute Gasteiger partial charge is 0.306 e. The lowest BCUT2D eigenvalue weighted by atomic mass is 10.0. The number of hydrogen-bond acceptors (Lipinski definition) is 3. The minimum Gasteiger partial charge on any atom is -0.306 e. The van der Waals surface area contributed by atoms with Crippen LogP contribution >= 0.6 is 0 Å². The molecule has 0 bridgehead atoms. The van der Waals surface area contributed by atoms with Crippen molar-refractivity contribution in [1.82, 2.24) is 15.0 Å². The second-order valence-electron chi connectivity index (χ2n) is 5.25. The fourth-order valence-corrected chi connectivity index (χ4v) is 2.59. The lowest BCUT2D eigenvalue weighted by Crippen LogP contribution is -2.09. The smallest absolute Gasteiger partial charge is 0.259 e. The number of nitrogens with one attached hydrogen (secondary N) is 1. The van der Waals surface area contributed by atoms with Crippen molar-refractivity contribution in [3.05, 3.63) is 83.4 Å². The third-order valence-corrected chi connectivity index (χ3v) is 3.75. The van der Waals surface area contributed by atoms with Crippen molar-refractivity contribution in [2.24, 2.45) is 0 Å². The van der Waals surface area contributed by atoms with Gasteiger partial charge in [-0.1, -0.05) is 36.4 Å². The number of nitrogens with zero attached hydrogens (tertiary/aromatic N) is 2. The summed E-state index contributed by atoms with van der Waals surface area (Å²) in [4.78, 5) is 23.9. The maximum absolute atomic E-state index is 12.4. The maximum Gasteiger partial charge on any atom is 0.259 e. The molecule has 0 saturated heterocycles. The van der Waals surface area contributed by atoms with E-state index in [1.807, 2.05) is 60.7 Å². The summed E-state index contributed by atoms with van der Waals surface area (Å²) >= 11 is 0. The molecular weight excluding hydrogens is 286 g/mol. The highest BCUT2D eigenvalue weighted by Crippen LogP contribution is 2.23. The molecule has 2 aromatic carbocycles. The molecule has 0 aliphatic heterocycles. The highest BCUT2D eigenvalue weighted by Gasteiger charge is 2.07. The Bertz CT molecular complexity index is 1020. The number of hydrogen-bond donors (Lipinski definition) is 1. The van der Waals surface area contributed by atoms with Gasteiger partial charge in [-0.15, -0.1) is 0 Å². The van der Waals surface area contributed by atoms with Gasteiger partial charge in [-0.05, 0) is 35.4 Å². The van der Waals surface area contributed by atoms with E-state index < -0.39 is 0 Å². The first kappa shape index (κ1) is 13.4. The summed E-state index contributed by atoms with van der Waals surface area (Å²) < 4.78 is 0. The van der Waals surface area contributed by atoms with Gasteiger partial charge in [0.1, 0.15) is 5.82 Å². The molecule has 0 aliphatic rings. The minimum absolute atomic E-state index is 0.147. The van der Waals surface area contributed by atoms with Crippen LogP contribution in [0.3, 0.4) is 0 Å². The van der Waals surface area contributed by atoms with Crippen LogP contribution in [-0.4, -0.2) is 15.0 Å². The first-order valence-corrected chi connectivity index (χ1v) is 7.31. The molecule has 0 saturated carbocycles. The van der Waals surface area contributed by atoms with E-state index in [0.717, 1.165) is 16.7 Å². The van der Waals surface area contributed by atoms with E-state index in [9.17, 15) is 4.79 Å². The first-order valence-electron chi connectivity index (χ1n) is 7.31. The molecule has 0 unspecified atom stereocenters. The lowest BCUT2D eigenvalue weighted by molar-refractivity contribution is 1.17. The molecule has 4 aromatic rings. The predicted molar refractivity (Wildman–Crippen MR) is 91.0 cm³/mol. The molecule has 2 aromatic heterocycles. The Labute approximate surface area is 132 Å². The Hall–Kier alpha value is -3.27. The van der Waals surface area contributed by atoms with Gasteiger partial charge in [0.15, 0.2) is 0 Å². The summed E-state index contributed by atoms with van der Waals surface area (Å²) in [5.74, 6) is 0.531. The predicted octanol–water partition coefficient (Wildman–Crippen LogP) is 3.65. The number of pyridine rings is 1. The molecule has 23 heavy (non-hydrogen) atoms. The van der Waals surface area contributed by atoms with Gasteiger partial charge in [-0.2, -0.15) is 0 Å². The van der Waals surface area contributed by atoms with Crippen molar-refractivity contribution in [3.63, 3.8) is 0 Å². The molecule has 0 atom stereocenters. The standard InChI is InChI=1S/C19H13N3O/c23-19-16-11-14(13-5-2-1-3-6-13)8-9-17(16)21-18(22-19)15-7-4-10-20-12-15/h1-12H,(H,21,22,23). The number of aromatic nitrogens is 3. The van der Waals surface area contributed by atoms with Crippen LogP contribution in [0.1, 0.15) is 0 Å². The molecule has 4 rings (SSSR count). The fraction of sp³-hybridized carbons (Fsp3) is 0. The van der Waals surface area contributed by atoms with Crippen LogP contribution in [0, 0.1) is 0 Å². The zero-order chi connectivity index (χ0) is 15.6. The molecule has 2 heterocycles. The highest BCUT2D eigenvalue weighted by molar-refractivity contribution is 5.84. The van der Waals surface area contributed by atoms with Gasteiger partial charge in [0, 0.05) is 18.0 Å². The SMILES string of the molecule is O=c1[nH]c(-c2cccnc2)nc2ccc(-c3ccccc3)cc12. The second-order valence-corrected chi connectivity index (χ2v) is 5.25. The topological polar surface area (TPSA) is 58.6 Å². The van der Waals surface area contributed by atoms with Gasteiger partial charge in [0.2, 0.25) is 0 Å². The van der Waals surface area contributed by atoms with E-state index >= 15 is 0 Å². The normalized spacial score (nSPS) is 10.8. The summed E-state index contributed by atoms with van der Waals surface area (Å²) in [6.07, 6.45) is 3.37. The Morgan fingerprint density at radius 1 is 0.826 bits per heavy atom. The van der Waals surface area contributed by atoms with E-state index in [2.05, 4.69) is 15.0 Å². The van der Waals surface area contributed by atoms with Gasteiger partial charge < -0.3 is 4.98 Å². The molecule has 4 nitrogen and oxygen atoms in total. The summed E-state index contributed by atoms with van der Waals surface area (Å²) in [5.41, 5.74) is 3.39. The van der Waals surface area contributed by atoms with Gasteiger partial charge in [0.05, 0.1) is 10.9 Å². The van der Waals surface area contributed by atoms with Crippen molar-refractivity contribution in [3.8, 4) is 22.5 Å². The molecule has 1 N–H and O–H groups in total. The first-order chi connectivity index (χ1) is 11.3. The lowest BCUT2D eigenvalue weighted by Gasteiger charge is -2.05. The minimum atomic E-state index is -0.147. The molecular formula is C19H13N3O. The van der Waals surface area contributed by atoms with E-state index in [1.165, 1.54) is 0 Å². The summed E-state index contributed by atoms with van der Waals surface area (Å²) in [7, 11) is 0. The number of benzene rings is 2. The van der Waals surface area contributed by atoms with Crippen molar-refractivity contribution >= 4 is 10.9 Å². The van der Waals surface area contributed by atoms with Gasteiger partial charge in [-0.3, -0.25) is 9.78 Å². The van der Waals surface area contributed by atoms with Crippen molar-refractivity contribution < 1.29 is 0 Å². The Balaban J connectivity index is 1.88. The number of fused-ring (bicyclic) bond motifs is 1. The average Bonchev–Trinajstić information content (AvgIpc) is 2.63. The van der Waals surface area contributed by atoms with Crippen LogP contribution in [0.25, 0.3) is 33.4 Å². The average molecular weight is 299 g/mol. The van der Waals surface area contributed by atoms with Gasteiger partial charge in [0.25, 0.3) is 5.56 Å². The number of aromatic amines is 1. The van der Waals surface area contributed by atoms with Crippen LogP contribution in [0.2, 0.25) is 0 Å². The zero-order valence-electron chi connectivity index (χ0n) is 12.2. The van der Waals surface area contributed by atoms with Crippen molar-refractivity contribution in [1.29, 1.82) is 0 Å². The molecule has 0 aliphatic carbocycles. The molecule has 110 valence electrons.